The fourth-order valence-corrected chi connectivity index (χ4v) is 9.50. The van der Waals surface area contributed by atoms with Crippen molar-refractivity contribution in [1.82, 2.24) is 0 Å². The van der Waals surface area contributed by atoms with Crippen LogP contribution in [0.2, 0.25) is 0 Å². The molecule has 0 bridgehead atoms. The maximum Gasteiger partial charge on any atom is 0.472 e. The molecule has 1 aliphatic carbocycles. The molecule has 0 aromatic heterocycles. The van der Waals surface area contributed by atoms with E-state index in [1.165, 1.54) is 83.5 Å². The smallest absolute Gasteiger partial charge is 0.462 e. The molecule has 22 heteroatoms. The van der Waals surface area contributed by atoms with Gasteiger partial charge in [-0.1, -0.05) is 165 Å². The summed E-state index contributed by atoms with van der Waals surface area (Å²) in [6, 6.07) is 0. The van der Waals surface area contributed by atoms with Crippen molar-refractivity contribution in [2.24, 2.45) is 0 Å². The van der Waals surface area contributed by atoms with E-state index in [-0.39, 0.29) is 12.8 Å². The van der Waals surface area contributed by atoms with Crippen LogP contribution in [0, 0.1) is 0 Å². The maximum atomic E-state index is 13.1. The Balaban J connectivity index is 2.75. The number of esters is 2. The lowest BCUT2D eigenvalue weighted by atomic mass is 9.85. The summed E-state index contributed by atoms with van der Waals surface area (Å²) in [6.07, 6.45) is 25.6. The van der Waals surface area contributed by atoms with Gasteiger partial charge < -0.3 is 49.3 Å². The van der Waals surface area contributed by atoms with Crippen LogP contribution in [0.3, 0.4) is 0 Å². The van der Waals surface area contributed by atoms with Crippen molar-refractivity contribution >= 4 is 35.4 Å². The molecule has 0 aromatic carbocycles. The number of aliphatic hydroxyl groups is 3. The van der Waals surface area contributed by atoms with E-state index in [2.05, 4.69) is 53.3 Å². The van der Waals surface area contributed by atoms with Crippen LogP contribution in [0.4, 0.5) is 0 Å². The second-order valence-corrected chi connectivity index (χ2v) is 21.2. The molecule has 0 radical (unpaired) electrons. The fourth-order valence-electron chi connectivity index (χ4n) is 7.40. The minimum absolute atomic E-state index is 0.0703. The van der Waals surface area contributed by atoms with Gasteiger partial charge in [0.25, 0.3) is 0 Å². The maximum absolute atomic E-state index is 13.1. The van der Waals surface area contributed by atoms with E-state index in [1.807, 2.05) is 18.2 Å². The van der Waals surface area contributed by atoms with Gasteiger partial charge in [-0.3, -0.25) is 27.7 Å². The van der Waals surface area contributed by atoms with Crippen molar-refractivity contribution < 1.29 is 90.6 Å². The van der Waals surface area contributed by atoms with Gasteiger partial charge in [0, 0.05) is 12.8 Å². The number of rotatable bonds is 42. The minimum Gasteiger partial charge on any atom is -0.462 e. The third kappa shape index (κ3) is 35.0. The first-order chi connectivity index (χ1) is 32.8. The van der Waals surface area contributed by atoms with Crippen molar-refractivity contribution in [2.45, 2.75) is 224 Å². The van der Waals surface area contributed by atoms with Gasteiger partial charge in [-0.15, -0.1) is 0 Å². The third-order valence-corrected chi connectivity index (χ3v) is 13.2. The molecule has 8 N–H and O–H groups in total. The lowest BCUT2D eigenvalue weighted by Crippen LogP contribution is -2.65. The average Bonchev–Trinajstić information content (AvgIpc) is 3.28. The number of hydrogen-bond acceptors (Lipinski definition) is 14. The van der Waals surface area contributed by atoms with Crippen LogP contribution in [0.5, 0.6) is 0 Å². The molecular formula is C47H85O19P3. The second kappa shape index (κ2) is 38.7. The summed E-state index contributed by atoms with van der Waals surface area (Å²) in [5.41, 5.74) is 0. The quantitative estimate of drug-likeness (QED) is 0.0122. The molecule has 0 aromatic rings. The van der Waals surface area contributed by atoms with Crippen LogP contribution in [-0.2, 0) is 50.9 Å². The molecule has 1 rings (SSSR count). The number of unbranched alkanes of at least 4 members (excludes halogenated alkanes) is 18. The highest BCUT2D eigenvalue weighted by atomic mass is 31.2. The Hall–Kier alpha value is -1.89. The molecular weight excluding hydrogens is 961 g/mol. The molecule has 1 saturated carbocycles. The van der Waals surface area contributed by atoms with E-state index in [1.54, 1.807) is 0 Å². The topological polar surface area (TPSA) is 303 Å². The summed E-state index contributed by atoms with van der Waals surface area (Å²) >= 11 is 0. The number of carbonyl (C=O) groups excluding carboxylic acids is 2. The van der Waals surface area contributed by atoms with E-state index < -0.39 is 91.3 Å². The highest BCUT2D eigenvalue weighted by Gasteiger charge is 2.56. The van der Waals surface area contributed by atoms with Crippen LogP contribution in [-0.4, -0.2) is 108 Å². The summed E-state index contributed by atoms with van der Waals surface area (Å²) in [5, 5.41) is 31.9. The lowest BCUT2D eigenvalue weighted by Gasteiger charge is -2.44. The molecule has 0 aliphatic heterocycles. The molecule has 0 amide bonds. The van der Waals surface area contributed by atoms with Crippen molar-refractivity contribution in [3.63, 3.8) is 0 Å². The zero-order valence-corrected chi connectivity index (χ0v) is 43.6. The van der Waals surface area contributed by atoms with E-state index in [0.29, 0.717) is 25.7 Å². The summed E-state index contributed by atoms with van der Waals surface area (Å²) in [5.74, 6) is -1.36. The Labute approximate surface area is 410 Å². The molecule has 19 nitrogen and oxygen atoms in total. The number of aliphatic hydroxyl groups excluding tert-OH is 3. The largest absolute Gasteiger partial charge is 0.472 e. The minimum atomic E-state index is -5.61. The summed E-state index contributed by atoms with van der Waals surface area (Å²) in [7, 11) is -16.6. The van der Waals surface area contributed by atoms with Crippen LogP contribution >= 0.6 is 23.5 Å². The van der Waals surface area contributed by atoms with Gasteiger partial charge in [0.2, 0.25) is 0 Å². The molecule has 1 aliphatic rings. The highest BCUT2D eigenvalue weighted by molar-refractivity contribution is 7.47. The standard InChI is InChI=1S/C47H85O19P3/c1-3-5-7-9-11-13-15-17-19-20-22-24-26-28-30-32-34-36-41(49)63-39(37-61-40(48)35-33-31-29-27-25-23-21-18-16-14-12-10-8-6-4-2)38-62-69(59,60)66-45-42(50)43(51)46(64-67(53,54)55)47(44(45)52)65-68(56,57)58/h11,13,17,19,22,24,28,30,39,42-47,50-52H,3-10,12,14-16,18,20-21,23,25-27,29,31-38H2,1-2H3,(H,59,60)(H2,53,54,55)(H2,56,57,58)/b13-11-,19-17-,24-22-,30-28-/t39-,42+,43-,44-,45+,46+,47+/m1/s1. The number of ether oxygens (including phenoxy) is 2. The van der Waals surface area contributed by atoms with Crippen molar-refractivity contribution in [2.75, 3.05) is 13.2 Å². The third-order valence-electron chi connectivity index (χ3n) is 11.1. The van der Waals surface area contributed by atoms with Crippen LogP contribution in [0.25, 0.3) is 0 Å². The van der Waals surface area contributed by atoms with E-state index >= 15 is 0 Å². The van der Waals surface area contributed by atoms with E-state index in [4.69, 9.17) is 18.5 Å². The van der Waals surface area contributed by atoms with Crippen LogP contribution in [0.1, 0.15) is 181 Å². The normalized spacial score (nSPS) is 21.7. The Bertz CT molecular complexity index is 1630. The first-order valence-electron chi connectivity index (χ1n) is 24.9. The Kier molecular flexibility index (Phi) is 36.5. The van der Waals surface area contributed by atoms with Gasteiger partial charge in [-0.25, -0.2) is 13.7 Å². The van der Waals surface area contributed by atoms with Gasteiger partial charge in [-0.2, -0.15) is 0 Å². The average molecular weight is 1050 g/mol. The Morgan fingerprint density at radius 2 is 0.855 bits per heavy atom. The van der Waals surface area contributed by atoms with Crippen molar-refractivity contribution in [1.29, 1.82) is 0 Å². The number of phosphoric acid groups is 3. The van der Waals surface area contributed by atoms with Crippen LogP contribution in [0.15, 0.2) is 48.6 Å². The molecule has 0 heterocycles. The molecule has 8 atom stereocenters. The fraction of sp³-hybridized carbons (Fsp3) is 0.787. The molecule has 0 spiro atoms. The summed E-state index contributed by atoms with van der Waals surface area (Å²) in [6.45, 7) is 2.88. The van der Waals surface area contributed by atoms with Crippen molar-refractivity contribution in [3.05, 3.63) is 48.6 Å². The lowest BCUT2D eigenvalue weighted by molar-refractivity contribution is -0.213. The van der Waals surface area contributed by atoms with Gasteiger partial charge in [0.1, 0.15) is 43.2 Å². The second-order valence-electron chi connectivity index (χ2n) is 17.4. The van der Waals surface area contributed by atoms with Gasteiger partial charge in [-0.05, 0) is 51.4 Å². The Morgan fingerprint density at radius 1 is 0.464 bits per heavy atom. The highest BCUT2D eigenvalue weighted by Crippen LogP contribution is 2.51. The number of phosphoric ester groups is 3. The molecule has 402 valence electrons. The van der Waals surface area contributed by atoms with Crippen LogP contribution < -0.4 is 0 Å². The molecule has 1 unspecified atom stereocenters. The first-order valence-corrected chi connectivity index (χ1v) is 29.5. The van der Waals surface area contributed by atoms with Gasteiger partial charge in [0.05, 0.1) is 6.61 Å². The van der Waals surface area contributed by atoms with E-state index in [9.17, 15) is 63.1 Å². The monoisotopic (exact) mass is 1050 g/mol. The summed E-state index contributed by atoms with van der Waals surface area (Å²) < 4.78 is 65.5. The van der Waals surface area contributed by atoms with Gasteiger partial charge >= 0.3 is 35.4 Å². The van der Waals surface area contributed by atoms with E-state index in [0.717, 1.165) is 44.9 Å². The predicted molar refractivity (Wildman–Crippen MR) is 261 cm³/mol. The Morgan fingerprint density at radius 3 is 1.33 bits per heavy atom. The molecule has 0 saturated heterocycles. The first kappa shape index (κ1) is 65.1. The predicted octanol–water partition coefficient (Wildman–Crippen LogP) is 9.40. The zero-order chi connectivity index (χ0) is 51.4. The SMILES string of the molecule is CCCCC/C=C\C/C=C\C/C=C\C/C=C\CCCC(=O)O[C@H](COC(=O)CCCCCCCCCCCCCCCCC)COP(=O)(O)O[C@@H]1[C@@H](O)[C@H](OP(=O)(O)O)[C@@H](OP(=O)(O)O)[C@H](O)[C@@H]1O. The number of hydrogen-bond donors (Lipinski definition) is 8. The number of carbonyl (C=O) groups is 2. The molecule has 69 heavy (non-hydrogen) atoms. The summed E-state index contributed by atoms with van der Waals surface area (Å²) in [4.78, 5) is 73.3. The zero-order valence-electron chi connectivity index (χ0n) is 40.9. The van der Waals surface area contributed by atoms with Crippen molar-refractivity contribution in [3.8, 4) is 0 Å². The number of allylic oxidation sites excluding steroid dienone is 8. The van der Waals surface area contributed by atoms with Gasteiger partial charge in [0.15, 0.2) is 6.10 Å². The molecule has 1 fully saturated rings.